The number of nitriles is 1. The Balaban J connectivity index is 1.99. The first-order chi connectivity index (χ1) is 10.3. The number of benzene rings is 2. The molecule has 0 spiro atoms. The molecule has 0 radical (unpaired) electrons. The van der Waals surface area contributed by atoms with Crippen molar-refractivity contribution in [2.75, 3.05) is 5.32 Å². The number of nitrogens with zero attached hydrogens (tertiary/aromatic N) is 4. The number of hydrogen-bond donors (Lipinski definition) is 2. The van der Waals surface area contributed by atoms with Crippen LogP contribution in [0.4, 0.5) is 5.69 Å². The summed E-state index contributed by atoms with van der Waals surface area (Å²) < 4.78 is 1.02. The highest BCUT2D eigenvalue weighted by atomic mass is 79.9. The molecule has 102 valence electrons. The Labute approximate surface area is 128 Å². The quantitative estimate of drug-likeness (QED) is 0.715. The molecule has 0 fully saturated rings. The average molecular weight is 341 g/mol. The minimum atomic E-state index is 0.256. The first kappa shape index (κ1) is 13.3. The molecule has 0 amide bonds. The van der Waals surface area contributed by atoms with Gasteiger partial charge in [-0.3, -0.25) is 0 Å². The van der Waals surface area contributed by atoms with Gasteiger partial charge in [0.1, 0.15) is 11.6 Å². The largest absolute Gasteiger partial charge is 0.360 e. The highest BCUT2D eigenvalue weighted by molar-refractivity contribution is 9.10. The van der Waals surface area contributed by atoms with Crippen molar-refractivity contribution in [1.82, 2.24) is 20.6 Å². The Morgan fingerprint density at radius 1 is 1.24 bits per heavy atom. The first-order valence-electron chi connectivity index (χ1n) is 6.07. The molecule has 21 heavy (non-hydrogen) atoms. The average Bonchev–Trinajstić information content (AvgIpc) is 3.03. The summed E-state index contributed by atoms with van der Waals surface area (Å²) >= 11 is 3.53. The number of allylic oxidation sites excluding steroid dienone is 1. The van der Waals surface area contributed by atoms with Crippen molar-refractivity contribution in [3.63, 3.8) is 0 Å². The Hall–Kier alpha value is -2.72. The summed E-state index contributed by atoms with van der Waals surface area (Å²) in [5.41, 5.74) is 1.20. The van der Waals surface area contributed by atoms with Gasteiger partial charge in [-0.15, -0.1) is 10.2 Å². The van der Waals surface area contributed by atoms with E-state index >= 15 is 0 Å². The number of hydrogen-bond acceptors (Lipinski definition) is 5. The minimum absolute atomic E-state index is 0.256. The van der Waals surface area contributed by atoms with Gasteiger partial charge in [0.2, 0.25) is 5.82 Å². The Morgan fingerprint density at radius 2 is 2.05 bits per heavy atom. The highest BCUT2D eigenvalue weighted by Gasteiger charge is 2.06. The summed E-state index contributed by atoms with van der Waals surface area (Å²) in [6.45, 7) is 0. The molecule has 0 aliphatic heterocycles. The summed E-state index contributed by atoms with van der Waals surface area (Å²) in [6.07, 6.45) is 1.57. The summed E-state index contributed by atoms with van der Waals surface area (Å²) in [4.78, 5) is 0. The van der Waals surface area contributed by atoms with Crippen LogP contribution in [-0.2, 0) is 0 Å². The predicted molar refractivity (Wildman–Crippen MR) is 83.0 cm³/mol. The highest BCUT2D eigenvalue weighted by Crippen LogP contribution is 2.29. The number of H-pyrrole nitrogens is 1. The molecule has 6 nitrogen and oxygen atoms in total. The van der Waals surface area contributed by atoms with E-state index in [1.165, 1.54) is 0 Å². The predicted octanol–water partition coefficient (Wildman–Crippen LogP) is 3.09. The zero-order valence-electron chi connectivity index (χ0n) is 10.7. The topological polar surface area (TPSA) is 90.3 Å². The van der Waals surface area contributed by atoms with Gasteiger partial charge in [-0.2, -0.15) is 10.5 Å². The van der Waals surface area contributed by atoms with E-state index in [0.29, 0.717) is 5.57 Å². The number of anilines is 1. The molecule has 3 aromatic rings. The number of tetrazole rings is 1. The monoisotopic (exact) mass is 340 g/mol. The standard InChI is InChI=1S/C14H9BrN6/c15-12-5-1-4-11-10(12)3-2-6-13(11)17-8-9(7-16)14-18-20-21-19-14/h1-6,8,17H,(H,18,19,20,21). The van der Waals surface area contributed by atoms with Crippen LogP contribution in [0.25, 0.3) is 16.3 Å². The van der Waals surface area contributed by atoms with Crippen LogP contribution in [0.15, 0.2) is 47.1 Å². The van der Waals surface area contributed by atoms with E-state index in [9.17, 15) is 0 Å². The van der Waals surface area contributed by atoms with Gasteiger partial charge in [-0.05, 0) is 22.7 Å². The lowest BCUT2D eigenvalue weighted by Gasteiger charge is -2.07. The number of halogens is 1. The summed E-state index contributed by atoms with van der Waals surface area (Å²) in [5, 5.41) is 27.8. The van der Waals surface area contributed by atoms with E-state index < -0.39 is 0 Å². The second-order valence-corrected chi connectivity index (χ2v) is 5.04. The molecule has 3 rings (SSSR count). The molecule has 2 N–H and O–H groups in total. The Bertz CT molecular complexity index is 848. The van der Waals surface area contributed by atoms with E-state index in [2.05, 4.69) is 41.9 Å². The summed E-state index contributed by atoms with van der Waals surface area (Å²) in [6, 6.07) is 13.9. The third-order valence-corrected chi connectivity index (χ3v) is 3.64. The second kappa shape index (κ2) is 5.73. The summed E-state index contributed by atoms with van der Waals surface area (Å²) in [7, 11) is 0. The molecule has 0 saturated heterocycles. The minimum Gasteiger partial charge on any atom is -0.360 e. The van der Waals surface area contributed by atoms with Gasteiger partial charge in [0.05, 0.1) is 0 Å². The van der Waals surface area contributed by atoms with Crippen LogP contribution in [0.5, 0.6) is 0 Å². The van der Waals surface area contributed by atoms with E-state index in [1.807, 2.05) is 42.5 Å². The number of rotatable bonds is 3. The van der Waals surface area contributed by atoms with Crippen molar-refractivity contribution in [3.05, 3.63) is 52.9 Å². The van der Waals surface area contributed by atoms with Crippen LogP contribution in [0.3, 0.4) is 0 Å². The molecular weight excluding hydrogens is 332 g/mol. The number of aromatic nitrogens is 4. The summed E-state index contributed by atoms with van der Waals surface area (Å²) in [5.74, 6) is 0.256. The molecule has 2 aromatic carbocycles. The third-order valence-electron chi connectivity index (χ3n) is 2.95. The zero-order valence-corrected chi connectivity index (χ0v) is 12.3. The second-order valence-electron chi connectivity index (χ2n) is 4.19. The van der Waals surface area contributed by atoms with Crippen LogP contribution in [0, 0.1) is 11.3 Å². The van der Waals surface area contributed by atoms with Gasteiger partial charge in [-0.1, -0.05) is 40.2 Å². The first-order valence-corrected chi connectivity index (χ1v) is 6.87. The van der Waals surface area contributed by atoms with Crippen LogP contribution >= 0.6 is 15.9 Å². The van der Waals surface area contributed by atoms with Crippen molar-refractivity contribution in [3.8, 4) is 6.07 Å². The molecule has 0 aliphatic rings. The van der Waals surface area contributed by atoms with Crippen molar-refractivity contribution in [2.45, 2.75) is 0 Å². The van der Waals surface area contributed by atoms with Crippen LogP contribution in [0.2, 0.25) is 0 Å². The van der Waals surface area contributed by atoms with E-state index in [-0.39, 0.29) is 5.82 Å². The van der Waals surface area contributed by atoms with Gasteiger partial charge in [0, 0.05) is 21.7 Å². The lowest BCUT2D eigenvalue weighted by atomic mass is 10.1. The smallest absolute Gasteiger partial charge is 0.216 e. The number of aromatic amines is 1. The molecule has 0 atom stereocenters. The molecule has 7 heteroatoms. The molecule has 1 heterocycles. The third kappa shape index (κ3) is 2.61. The lowest BCUT2D eigenvalue weighted by molar-refractivity contribution is 0.881. The SMILES string of the molecule is N#CC(=CNc1cccc2c(Br)cccc12)c1nn[nH]n1. The van der Waals surface area contributed by atoms with E-state index in [4.69, 9.17) is 5.26 Å². The van der Waals surface area contributed by atoms with Crippen molar-refractivity contribution in [1.29, 1.82) is 5.26 Å². The van der Waals surface area contributed by atoms with Gasteiger partial charge < -0.3 is 5.32 Å². The Kier molecular flexibility index (Phi) is 3.62. The fraction of sp³-hybridized carbons (Fsp3) is 0. The molecule has 0 unspecified atom stereocenters. The maximum absolute atomic E-state index is 9.15. The van der Waals surface area contributed by atoms with Gasteiger partial charge in [0.25, 0.3) is 0 Å². The molecule has 0 aliphatic carbocycles. The van der Waals surface area contributed by atoms with Crippen LogP contribution in [0.1, 0.15) is 5.82 Å². The van der Waals surface area contributed by atoms with Crippen molar-refractivity contribution < 1.29 is 0 Å². The van der Waals surface area contributed by atoms with E-state index in [0.717, 1.165) is 20.9 Å². The number of fused-ring (bicyclic) bond motifs is 1. The van der Waals surface area contributed by atoms with Crippen LogP contribution < -0.4 is 5.32 Å². The fourth-order valence-corrected chi connectivity index (χ4v) is 2.47. The molecule has 0 bridgehead atoms. The maximum Gasteiger partial charge on any atom is 0.216 e. The molecule has 0 saturated carbocycles. The van der Waals surface area contributed by atoms with Gasteiger partial charge in [0.15, 0.2) is 0 Å². The lowest BCUT2D eigenvalue weighted by Crippen LogP contribution is -1.94. The number of nitrogens with one attached hydrogen (secondary N) is 2. The van der Waals surface area contributed by atoms with Crippen molar-refractivity contribution in [2.24, 2.45) is 0 Å². The van der Waals surface area contributed by atoms with Crippen LogP contribution in [-0.4, -0.2) is 20.6 Å². The normalized spacial score (nSPS) is 11.3. The van der Waals surface area contributed by atoms with Crippen molar-refractivity contribution >= 4 is 38.0 Å². The maximum atomic E-state index is 9.15. The van der Waals surface area contributed by atoms with Gasteiger partial charge >= 0.3 is 0 Å². The Morgan fingerprint density at radius 3 is 2.81 bits per heavy atom. The molecular formula is C14H9BrN6. The van der Waals surface area contributed by atoms with E-state index in [1.54, 1.807) is 6.20 Å². The molecule has 1 aromatic heterocycles. The van der Waals surface area contributed by atoms with Gasteiger partial charge in [-0.25, -0.2) is 0 Å². The zero-order chi connectivity index (χ0) is 14.7. The fourth-order valence-electron chi connectivity index (χ4n) is 1.97.